The van der Waals surface area contributed by atoms with Gasteiger partial charge in [0.05, 0.1) is 12.0 Å². The van der Waals surface area contributed by atoms with Crippen molar-refractivity contribution in [1.82, 2.24) is 0 Å². The zero-order valence-electron chi connectivity index (χ0n) is 10.7. The Labute approximate surface area is 113 Å². The number of carboxylic acid groups (broad SMARTS) is 1. The van der Waals surface area contributed by atoms with E-state index >= 15 is 0 Å². The zero-order chi connectivity index (χ0) is 13.5. The largest absolute Gasteiger partial charge is 0.481 e. The predicted molar refractivity (Wildman–Crippen MR) is 72.0 cm³/mol. The molecule has 0 aliphatic carbocycles. The lowest BCUT2D eigenvalue weighted by Gasteiger charge is -2.14. The first kappa shape index (κ1) is 15.0. The Balaban J connectivity index is 2.52. The number of rotatable bonds is 7. The number of benzene rings is 1. The van der Waals surface area contributed by atoms with E-state index < -0.39 is 11.9 Å². The summed E-state index contributed by atoms with van der Waals surface area (Å²) in [5, 5.41) is 9.83. The van der Waals surface area contributed by atoms with Gasteiger partial charge >= 0.3 is 5.97 Å². The van der Waals surface area contributed by atoms with Gasteiger partial charge in [-0.05, 0) is 44.4 Å². The van der Waals surface area contributed by atoms with Crippen molar-refractivity contribution < 1.29 is 14.6 Å². The van der Waals surface area contributed by atoms with Gasteiger partial charge in [-0.1, -0.05) is 23.7 Å². The molecule has 18 heavy (non-hydrogen) atoms. The first-order valence-electron chi connectivity index (χ1n) is 6.08. The molecule has 1 N–H and O–H groups in total. The third-order valence-corrected chi connectivity index (χ3v) is 2.91. The van der Waals surface area contributed by atoms with Crippen LogP contribution in [-0.2, 0) is 16.0 Å². The minimum atomic E-state index is -0.780. The Hall–Kier alpha value is -1.06. The fraction of sp³-hybridized carbons (Fsp3) is 0.500. The Bertz CT molecular complexity index is 373. The normalized spacial score (nSPS) is 12.7. The zero-order valence-corrected chi connectivity index (χ0v) is 11.5. The molecule has 0 spiro atoms. The van der Waals surface area contributed by atoms with Gasteiger partial charge in [-0.3, -0.25) is 4.79 Å². The molecule has 0 saturated heterocycles. The number of hydrogen-bond donors (Lipinski definition) is 1. The Morgan fingerprint density at radius 3 is 2.44 bits per heavy atom. The molecule has 1 atom stereocenters. The van der Waals surface area contributed by atoms with Gasteiger partial charge in [-0.25, -0.2) is 0 Å². The Morgan fingerprint density at radius 1 is 1.33 bits per heavy atom. The second kappa shape index (κ2) is 7.39. The molecule has 3 nitrogen and oxygen atoms in total. The minimum Gasteiger partial charge on any atom is -0.481 e. The topological polar surface area (TPSA) is 46.5 Å². The van der Waals surface area contributed by atoms with E-state index in [9.17, 15) is 9.90 Å². The van der Waals surface area contributed by atoms with Crippen LogP contribution in [0.4, 0.5) is 0 Å². The van der Waals surface area contributed by atoms with Crippen molar-refractivity contribution in [2.75, 3.05) is 6.61 Å². The molecule has 0 radical (unpaired) electrons. The molecule has 0 aliphatic rings. The van der Waals surface area contributed by atoms with Crippen molar-refractivity contribution in [1.29, 1.82) is 0 Å². The number of ether oxygens (including phenoxy) is 1. The van der Waals surface area contributed by atoms with Crippen LogP contribution in [0, 0.1) is 5.92 Å². The molecule has 0 heterocycles. The van der Waals surface area contributed by atoms with E-state index in [-0.39, 0.29) is 6.10 Å². The van der Waals surface area contributed by atoms with E-state index in [0.717, 1.165) is 5.56 Å². The van der Waals surface area contributed by atoms with Crippen molar-refractivity contribution in [3.05, 3.63) is 34.9 Å². The van der Waals surface area contributed by atoms with Crippen molar-refractivity contribution in [3.8, 4) is 0 Å². The summed E-state index contributed by atoms with van der Waals surface area (Å²) in [7, 11) is 0. The number of carboxylic acids is 1. The molecule has 1 rings (SSSR count). The van der Waals surface area contributed by atoms with Crippen LogP contribution in [0.25, 0.3) is 0 Å². The first-order valence-corrected chi connectivity index (χ1v) is 6.45. The summed E-state index contributed by atoms with van der Waals surface area (Å²) < 4.78 is 5.39. The van der Waals surface area contributed by atoms with Crippen LogP contribution in [0.15, 0.2) is 24.3 Å². The first-order chi connectivity index (χ1) is 8.49. The van der Waals surface area contributed by atoms with E-state index in [0.29, 0.717) is 24.5 Å². The van der Waals surface area contributed by atoms with Gasteiger partial charge in [0.1, 0.15) is 0 Å². The quantitative estimate of drug-likeness (QED) is 0.826. The van der Waals surface area contributed by atoms with E-state index in [1.165, 1.54) is 0 Å². The van der Waals surface area contributed by atoms with Crippen LogP contribution in [0.5, 0.6) is 0 Å². The van der Waals surface area contributed by atoms with Gasteiger partial charge in [-0.2, -0.15) is 0 Å². The average molecular weight is 271 g/mol. The third-order valence-electron chi connectivity index (χ3n) is 2.66. The lowest BCUT2D eigenvalue weighted by molar-refractivity contribution is -0.142. The summed E-state index contributed by atoms with van der Waals surface area (Å²) in [6.07, 6.45) is 1.17. The average Bonchev–Trinajstić information content (AvgIpc) is 2.30. The molecule has 0 aliphatic heterocycles. The van der Waals surface area contributed by atoms with Crippen molar-refractivity contribution in [2.24, 2.45) is 5.92 Å². The maximum atomic E-state index is 11.2. The van der Waals surface area contributed by atoms with Crippen molar-refractivity contribution in [3.63, 3.8) is 0 Å². The summed E-state index contributed by atoms with van der Waals surface area (Å²) in [4.78, 5) is 11.2. The van der Waals surface area contributed by atoms with E-state index in [1.54, 1.807) is 12.1 Å². The van der Waals surface area contributed by atoms with Gasteiger partial charge in [-0.15, -0.1) is 0 Å². The molecule has 0 bridgehead atoms. The lowest BCUT2D eigenvalue weighted by atomic mass is 9.97. The maximum absolute atomic E-state index is 11.2. The molecular formula is C14H19ClO3. The molecule has 0 saturated carbocycles. The van der Waals surface area contributed by atoms with Crippen molar-refractivity contribution in [2.45, 2.75) is 32.8 Å². The maximum Gasteiger partial charge on any atom is 0.306 e. The Kier molecular flexibility index (Phi) is 6.16. The second-order valence-electron chi connectivity index (χ2n) is 4.57. The van der Waals surface area contributed by atoms with Crippen molar-refractivity contribution >= 4 is 17.6 Å². The molecule has 0 fully saturated rings. The molecule has 0 amide bonds. The minimum absolute atomic E-state index is 0.134. The second-order valence-corrected chi connectivity index (χ2v) is 5.01. The summed E-state index contributed by atoms with van der Waals surface area (Å²) in [6.45, 7) is 4.35. The van der Waals surface area contributed by atoms with Gasteiger partial charge in [0.25, 0.3) is 0 Å². The third kappa shape index (κ3) is 5.52. The highest BCUT2D eigenvalue weighted by molar-refractivity contribution is 6.30. The lowest BCUT2D eigenvalue weighted by Crippen LogP contribution is -2.19. The smallest absolute Gasteiger partial charge is 0.306 e. The van der Waals surface area contributed by atoms with Gasteiger partial charge in [0.2, 0.25) is 0 Å². The highest BCUT2D eigenvalue weighted by Crippen LogP contribution is 2.16. The number of carbonyl (C=O) groups is 1. The summed E-state index contributed by atoms with van der Waals surface area (Å²) >= 11 is 5.79. The number of aliphatic carboxylic acids is 1. The highest BCUT2D eigenvalue weighted by Gasteiger charge is 2.18. The van der Waals surface area contributed by atoms with Crippen LogP contribution in [0.3, 0.4) is 0 Å². The molecule has 1 aromatic carbocycles. The van der Waals surface area contributed by atoms with Gasteiger partial charge in [0, 0.05) is 11.6 Å². The van der Waals surface area contributed by atoms with Crippen LogP contribution in [0.1, 0.15) is 25.8 Å². The van der Waals surface area contributed by atoms with E-state index in [1.807, 2.05) is 26.0 Å². The van der Waals surface area contributed by atoms with Crippen LogP contribution in [-0.4, -0.2) is 23.8 Å². The Morgan fingerprint density at radius 2 is 1.94 bits per heavy atom. The molecule has 0 aromatic heterocycles. The van der Waals surface area contributed by atoms with Crippen LogP contribution >= 0.6 is 11.6 Å². The molecule has 1 aromatic rings. The number of hydrogen-bond acceptors (Lipinski definition) is 2. The summed E-state index contributed by atoms with van der Waals surface area (Å²) in [6, 6.07) is 7.28. The molecule has 1 unspecified atom stereocenters. The molecule has 100 valence electrons. The van der Waals surface area contributed by atoms with Crippen LogP contribution in [0.2, 0.25) is 5.02 Å². The van der Waals surface area contributed by atoms with E-state index in [2.05, 4.69) is 0 Å². The van der Waals surface area contributed by atoms with E-state index in [4.69, 9.17) is 16.3 Å². The van der Waals surface area contributed by atoms with Gasteiger partial charge < -0.3 is 9.84 Å². The van der Waals surface area contributed by atoms with Gasteiger partial charge in [0.15, 0.2) is 0 Å². The highest BCUT2D eigenvalue weighted by atomic mass is 35.5. The predicted octanol–water partition coefficient (Wildman–Crippen LogP) is 3.40. The standard InChI is InChI=1S/C14H19ClO3/c1-10(2)18-8-7-12(14(16)17)9-11-3-5-13(15)6-4-11/h3-6,10,12H,7-9H2,1-2H3,(H,16,17). The summed E-state index contributed by atoms with van der Waals surface area (Å²) in [5.74, 6) is -1.19. The fourth-order valence-corrected chi connectivity index (χ4v) is 1.79. The van der Waals surface area contributed by atoms with Crippen LogP contribution < -0.4 is 0 Å². The number of halogens is 1. The molecule has 4 heteroatoms. The monoisotopic (exact) mass is 270 g/mol. The summed E-state index contributed by atoms with van der Waals surface area (Å²) in [5.41, 5.74) is 0.983. The molecular weight excluding hydrogens is 252 g/mol. The SMILES string of the molecule is CC(C)OCCC(Cc1ccc(Cl)cc1)C(=O)O. The fourth-order valence-electron chi connectivity index (χ4n) is 1.66.